The van der Waals surface area contributed by atoms with E-state index in [9.17, 15) is 0 Å². The molecule has 1 aromatic rings. The highest BCUT2D eigenvalue weighted by Gasteiger charge is 1.86. The summed E-state index contributed by atoms with van der Waals surface area (Å²) < 4.78 is 1.35. The standard InChI is InChI=1S/C10H15NS.C2H6/c1-4-5-9-6-7-12-10(9)8-11(2)3;1-2/h5-8H,4H2,1-3H3;1-2H3/b9-5-,10-8+;. The number of hydrogen-bond acceptors (Lipinski definition) is 2. The molecule has 0 radical (unpaired) electrons. The van der Waals surface area contributed by atoms with Gasteiger partial charge in [0.05, 0.1) is 0 Å². The van der Waals surface area contributed by atoms with Gasteiger partial charge in [0.25, 0.3) is 0 Å². The summed E-state index contributed by atoms with van der Waals surface area (Å²) in [5.74, 6) is 0. The molecule has 0 spiro atoms. The van der Waals surface area contributed by atoms with Crippen LogP contribution < -0.4 is 9.75 Å². The molecule has 0 N–H and O–H groups in total. The van der Waals surface area contributed by atoms with Crippen molar-refractivity contribution in [3.8, 4) is 0 Å². The second kappa shape index (κ2) is 7.63. The first-order valence-corrected chi connectivity index (χ1v) is 6.04. The van der Waals surface area contributed by atoms with E-state index < -0.39 is 0 Å². The van der Waals surface area contributed by atoms with Crippen LogP contribution in [0, 0.1) is 0 Å². The molecule has 0 aromatic carbocycles. The summed E-state index contributed by atoms with van der Waals surface area (Å²) in [6, 6.07) is 2.17. The van der Waals surface area contributed by atoms with E-state index in [1.165, 1.54) is 9.75 Å². The molecule has 0 amide bonds. The first kappa shape index (κ1) is 13.2. The maximum absolute atomic E-state index is 2.26. The van der Waals surface area contributed by atoms with E-state index in [-0.39, 0.29) is 0 Å². The summed E-state index contributed by atoms with van der Waals surface area (Å²) in [4.78, 5) is 2.08. The molecule has 1 aromatic heterocycles. The maximum atomic E-state index is 2.26. The van der Waals surface area contributed by atoms with Crippen LogP contribution in [0.3, 0.4) is 0 Å². The van der Waals surface area contributed by atoms with Crippen LogP contribution in [0.25, 0.3) is 12.3 Å². The molecule has 14 heavy (non-hydrogen) atoms. The fraction of sp³-hybridized carbons (Fsp3) is 0.500. The smallest absolute Gasteiger partial charge is 0.0497 e. The lowest BCUT2D eigenvalue weighted by atomic mass is 10.3. The second-order valence-corrected chi connectivity index (χ2v) is 3.89. The molecule has 0 unspecified atom stereocenters. The monoisotopic (exact) mass is 211 g/mol. The van der Waals surface area contributed by atoms with Gasteiger partial charge in [0, 0.05) is 24.8 Å². The average Bonchev–Trinajstić information content (AvgIpc) is 2.56. The van der Waals surface area contributed by atoms with Crippen molar-refractivity contribution in [2.45, 2.75) is 27.2 Å². The van der Waals surface area contributed by atoms with Crippen molar-refractivity contribution >= 4 is 23.6 Å². The predicted octanol–water partition coefficient (Wildman–Crippen LogP) is 2.26. The lowest BCUT2D eigenvalue weighted by Crippen LogP contribution is -2.21. The molecule has 0 atom stereocenters. The molecule has 1 heterocycles. The fourth-order valence-corrected chi connectivity index (χ4v) is 1.98. The zero-order valence-corrected chi connectivity index (χ0v) is 10.7. The minimum Gasteiger partial charge on any atom is -0.382 e. The largest absolute Gasteiger partial charge is 0.382 e. The Morgan fingerprint density at radius 2 is 2.00 bits per heavy atom. The Morgan fingerprint density at radius 1 is 1.36 bits per heavy atom. The third-order valence-electron chi connectivity index (χ3n) is 1.53. The molecule has 1 rings (SSSR count). The summed E-state index contributed by atoms with van der Waals surface area (Å²) in [6.45, 7) is 6.16. The van der Waals surface area contributed by atoms with Crippen LogP contribution in [0.15, 0.2) is 11.4 Å². The molecule has 80 valence electrons. The van der Waals surface area contributed by atoms with E-state index >= 15 is 0 Å². The predicted molar refractivity (Wildman–Crippen MR) is 67.8 cm³/mol. The summed E-state index contributed by atoms with van der Waals surface area (Å²) in [5, 5.41) is 3.49. The Balaban J connectivity index is 0.000000791. The van der Waals surface area contributed by atoms with Crippen LogP contribution >= 0.6 is 11.3 Å². The Labute approximate surface area is 91.4 Å². The quantitative estimate of drug-likeness (QED) is 0.725. The zero-order valence-electron chi connectivity index (χ0n) is 9.87. The van der Waals surface area contributed by atoms with Gasteiger partial charge < -0.3 is 4.90 Å². The third-order valence-corrected chi connectivity index (χ3v) is 2.39. The Kier molecular flexibility index (Phi) is 7.21. The van der Waals surface area contributed by atoms with Crippen molar-refractivity contribution in [1.82, 2.24) is 4.90 Å². The van der Waals surface area contributed by atoms with E-state index in [0.29, 0.717) is 0 Å². The van der Waals surface area contributed by atoms with Gasteiger partial charge >= 0.3 is 0 Å². The number of nitrogens with zero attached hydrogens (tertiary/aromatic N) is 1. The molecular weight excluding hydrogens is 190 g/mol. The van der Waals surface area contributed by atoms with Gasteiger partial charge in [-0.15, -0.1) is 11.3 Å². The number of hydrogen-bond donors (Lipinski definition) is 0. The lowest BCUT2D eigenvalue weighted by Gasteiger charge is -2.01. The molecular formula is C12H21NS. The minimum absolute atomic E-state index is 1.10. The van der Waals surface area contributed by atoms with Crippen molar-refractivity contribution in [3.63, 3.8) is 0 Å². The maximum Gasteiger partial charge on any atom is 0.0497 e. The van der Waals surface area contributed by atoms with Gasteiger partial charge in [-0.1, -0.05) is 26.8 Å². The molecule has 0 saturated carbocycles. The van der Waals surface area contributed by atoms with Gasteiger partial charge in [-0.25, -0.2) is 0 Å². The van der Waals surface area contributed by atoms with Crippen molar-refractivity contribution in [2.24, 2.45) is 0 Å². The van der Waals surface area contributed by atoms with E-state index in [1.54, 1.807) is 11.3 Å². The van der Waals surface area contributed by atoms with E-state index in [1.807, 2.05) is 13.8 Å². The SMILES string of the molecule is CC.CC/C=c1/ccs/c1=C/N(C)C. The van der Waals surface area contributed by atoms with Crippen LogP contribution in [0.1, 0.15) is 27.2 Å². The van der Waals surface area contributed by atoms with Gasteiger partial charge in [0.2, 0.25) is 0 Å². The van der Waals surface area contributed by atoms with E-state index in [0.717, 1.165) is 6.42 Å². The molecule has 0 saturated heterocycles. The lowest BCUT2D eigenvalue weighted by molar-refractivity contribution is 0.615. The first-order chi connectivity index (χ1) is 6.74. The summed E-state index contributed by atoms with van der Waals surface area (Å²) in [7, 11) is 4.10. The van der Waals surface area contributed by atoms with Crippen molar-refractivity contribution in [1.29, 1.82) is 0 Å². The topological polar surface area (TPSA) is 3.24 Å². The van der Waals surface area contributed by atoms with Crippen molar-refractivity contribution in [3.05, 3.63) is 21.2 Å². The first-order valence-electron chi connectivity index (χ1n) is 5.16. The average molecular weight is 211 g/mol. The summed E-state index contributed by atoms with van der Waals surface area (Å²) in [5.41, 5.74) is 0. The van der Waals surface area contributed by atoms with Crippen LogP contribution in [0.4, 0.5) is 0 Å². The highest BCUT2D eigenvalue weighted by atomic mass is 32.1. The highest BCUT2D eigenvalue weighted by molar-refractivity contribution is 7.07. The van der Waals surface area contributed by atoms with Gasteiger partial charge in [-0.2, -0.15) is 0 Å². The molecule has 1 nitrogen and oxygen atoms in total. The van der Waals surface area contributed by atoms with E-state index in [4.69, 9.17) is 0 Å². The number of thiophene rings is 1. The Morgan fingerprint density at radius 3 is 2.50 bits per heavy atom. The third kappa shape index (κ3) is 4.47. The highest BCUT2D eigenvalue weighted by Crippen LogP contribution is 1.84. The fourth-order valence-electron chi connectivity index (χ4n) is 1.06. The molecule has 0 aliphatic rings. The van der Waals surface area contributed by atoms with Gasteiger partial charge in [0.1, 0.15) is 0 Å². The summed E-state index contributed by atoms with van der Waals surface area (Å²) in [6.07, 6.45) is 5.52. The van der Waals surface area contributed by atoms with Gasteiger partial charge in [-0.3, -0.25) is 0 Å². The van der Waals surface area contributed by atoms with Crippen LogP contribution in [-0.2, 0) is 0 Å². The summed E-state index contributed by atoms with van der Waals surface area (Å²) >= 11 is 1.79. The second-order valence-electron chi connectivity index (χ2n) is 2.95. The van der Waals surface area contributed by atoms with Gasteiger partial charge in [0.15, 0.2) is 0 Å². The molecule has 2 heteroatoms. The molecule has 0 fully saturated rings. The Bertz CT molecular complexity index is 335. The van der Waals surface area contributed by atoms with Gasteiger partial charge in [-0.05, 0) is 23.1 Å². The Hall–Kier alpha value is -0.760. The normalized spacial score (nSPS) is 12.4. The van der Waals surface area contributed by atoms with Crippen LogP contribution in [0.2, 0.25) is 0 Å². The van der Waals surface area contributed by atoms with Crippen LogP contribution in [-0.4, -0.2) is 19.0 Å². The molecule has 0 aliphatic heterocycles. The molecule has 0 bridgehead atoms. The van der Waals surface area contributed by atoms with Crippen LogP contribution in [0.5, 0.6) is 0 Å². The minimum atomic E-state index is 1.10. The van der Waals surface area contributed by atoms with E-state index in [2.05, 4.69) is 49.6 Å². The zero-order chi connectivity index (χ0) is 11.0. The van der Waals surface area contributed by atoms with Crippen molar-refractivity contribution in [2.75, 3.05) is 14.1 Å². The molecule has 0 aliphatic carbocycles. The number of rotatable bonds is 2. The van der Waals surface area contributed by atoms with Crippen molar-refractivity contribution < 1.29 is 0 Å².